The number of hydrogen-bond donors (Lipinski definition) is 1. The summed E-state index contributed by atoms with van der Waals surface area (Å²) in [5.74, 6) is -0.883. The van der Waals surface area contributed by atoms with Crippen LogP contribution in [-0.2, 0) is 30.3 Å². The van der Waals surface area contributed by atoms with Crippen molar-refractivity contribution in [3.05, 3.63) is 29.3 Å². The van der Waals surface area contributed by atoms with Crippen LogP contribution in [0.25, 0.3) is 0 Å². The number of amides is 1. The maximum atomic E-state index is 12.3. The zero-order valence-electron chi connectivity index (χ0n) is 14.5. The van der Waals surface area contributed by atoms with Crippen LogP contribution in [0.1, 0.15) is 51.3 Å². The fraction of sp³-hybridized carbons (Fsp3) is 0.500. The zero-order chi connectivity index (χ0) is 17.9. The lowest BCUT2D eigenvalue weighted by atomic mass is 9.77. The minimum Gasteiger partial charge on any atom is -0.466 e. The van der Waals surface area contributed by atoms with E-state index in [0.29, 0.717) is 18.7 Å². The van der Waals surface area contributed by atoms with Crippen molar-refractivity contribution in [2.45, 2.75) is 46.6 Å². The molecule has 1 amide bonds. The second-order valence-electron chi connectivity index (χ2n) is 6.39. The molecule has 0 saturated heterocycles. The van der Waals surface area contributed by atoms with Gasteiger partial charge in [0.1, 0.15) is 6.10 Å². The van der Waals surface area contributed by atoms with Gasteiger partial charge in [-0.15, -0.1) is 0 Å². The molecule has 1 aromatic rings. The summed E-state index contributed by atoms with van der Waals surface area (Å²) in [6.07, 6.45) is 0.134. The van der Waals surface area contributed by atoms with Crippen LogP contribution in [0.3, 0.4) is 0 Å². The van der Waals surface area contributed by atoms with E-state index in [-0.39, 0.29) is 18.3 Å². The van der Waals surface area contributed by atoms with Gasteiger partial charge in [0, 0.05) is 24.6 Å². The lowest BCUT2D eigenvalue weighted by Gasteiger charge is -2.38. The number of fused-ring (bicyclic) bond motifs is 1. The number of carbonyl (C=O) groups excluding carboxylic acids is 3. The van der Waals surface area contributed by atoms with Gasteiger partial charge in [0.15, 0.2) is 0 Å². The minimum atomic E-state index is -0.877. The number of aryl methyl sites for hydroxylation is 1. The van der Waals surface area contributed by atoms with Crippen LogP contribution < -0.4 is 5.32 Å². The van der Waals surface area contributed by atoms with Crippen molar-refractivity contribution in [1.82, 2.24) is 0 Å². The predicted molar refractivity (Wildman–Crippen MR) is 88.3 cm³/mol. The number of esters is 2. The molecule has 24 heavy (non-hydrogen) atoms. The molecule has 0 bridgehead atoms. The van der Waals surface area contributed by atoms with E-state index in [2.05, 4.69) is 5.32 Å². The Hall–Kier alpha value is -2.37. The molecule has 1 atom stereocenters. The number of hydrogen-bond acceptors (Lipinski definition) is 5. The van der Waals surface area contributed by atoms with Crippen molar-refractivity contribution in [3.63, 3.8) is 0 Å². The first-order valence-corrected chi connectivity index (χ1v) is 8.02. The van der Waals surface area contributed by atoms with Gasteiger partial charge in [-0.2, -0.15) is 0 Å². The third kappa shape index (κ3) is 3.75. The number of benzene rings is 1. The molecule has 0 aromatic heterocycles. The Bertz CT molecular complexity index is 665. The molecular formula is C18H23NO5. The summed E-state index contributed by atoms with van der Waals surface area (Å²) in [5, 5.41) is 2.84. The van der Waals surface area contributed by atoms with Crippen LogP contribution in [0.5, 0.6) is 0 Å². The number of nitrogens with one attached hydrogen (secondary N) is 1. The lowest BCUT2D eigenvalue weighted by Crippen LogP contribution is -2.42. The van der Waals surface area contributed by atoms with Gasteiger partial charge in [0.25, 0.3) is 0 Å². The molecule has 1 unspecified atom stereocenters. The van der Waals surface area contributed by atoms with Gasteiger partial charge < -0.3 is 14.8 Å². The Balaban J connectivity index is 2.29. The predicted octanol–water partition coefficient (Wildman–Crippen LogP) is 2.76. The number of ether oxygens (including phenoxy) is 2. The molecule has 0 fully saturated rings. The van der Waals surface area contributed by atoms with E-state index in [1.165, 1.54) is 6.92 Å². The van der Waals surface area contributed by atoms with Crippen molar-refractivity contribution >= 4 is 23.5 Å². The van der Waals surface area contributed by atoms with Crippen LogP contribution in [0.4, 0.5) is 5.69 Å². The first-order valence-electron chi connectivity index (χ1n) is 8.02. The monoisotopic (exact) mass is 333 g/mol. The van der Waals surface area contributed by atoms with E-state index in [0.717, 1.165) is 11.1 Å². The molecule has 2 rings (SSSR count). The topological polar surface area (TPSA) is 81.7 Å². The molecule has 0 aliphatic carbocycles. The average molecular weight is 333 g/mol. The molecule has 1 aliphatic rings. The minimum absolute atomic E-state index is 0.194. The van der Waals surface area contributed by atoms with Gasteiger partial charge >= 0.3 is 11.9 Å². The van der Waals surface area contributed by atoms with Crippen LogP contribution >= 0.6 is 0 Å². The first-order chi connectivity index (χ1) is 11.3. The molecule has 6 nitrogen and oxygen atoms in total. The van der Waals surface area contributed by atoms with Gasteiger partial charge in [-0.25, -0.2) is 0 Å². The van der Waals surface area contributed by atoms with Gasteiger partial charge in [-0.3, -0.25) is 14.4 Å². The summed E-state index contributed by atoms with van der Waals surface area (Å²) in [4.78, 5) is 35.3. The molecule has 1 N–H and O–H groups in total. The maximum absolute atomic E-state index is 12.3. The van der Waals surface area contributed by atoms with Crippen molar-refractivity contribution in [2.24, 2.45) is 5.41 Å². The largest absolute Gasteiger partial charge is 0.466 e. The first kappa shape index (κ1) is 18.0. The van der Waals surface area contributed by atoms with E-state index in [9.17, 15) is 14.4 Å². The van der Waals surface area contributed by atoms with E-state index in [1.807, 2.05) is 12.1 Å². The van der Waals surface area contributed by atoms with Crippen LogP contribution in [0, 0.1) is 5.41 Å². The number of anilines is 1. The highest BCUT2D eigenvalue weighted by molar-refractivity contribution is 5.99. The fourth-order valence-electron chi connectivity index (χ4n) is 2.75. The normalized spacial score (nSPS) is 18.3. The molecular weight excluding hydrogens is 310 g/mol. The SMILES string of the molecule is CCOC(=O)CCc1ccc2c(c1)C(OC(C)=O)C(C)(C)C(=O)N2. The lowest BCUT2D eigenvalue weighted by molar-refractivity contribution is -0.157. The Kier molecular flexibility index (Phi) is 5.26. The molecule has 0 spiro atoms. The zero-order valence-corrected chi connectivity index (χ0v) is 14.5. The Morgan fingerprint density at radius 3 is 2.62 bits per heavy atom. The fourth-order valence-corrected chi connectivity index (χ4v) is 2.75. The van der Waals surface area contributed by atoms with Gasteiger partial charge in [-0.05, 0) is 44.9 Å². The van der Waals surface area contributed by atoms with Gasteiger partial charge in [0.05, 0.1) is 12.0 Å². The van der Waals surface area contributed by atoms with Crippen LogP contribution in [0.2, 0.25) is 0 Å². The van der Waals surface area contributed by atoms with Crippen molar-refractivity contribution in [2.75, 3.05) is 11.9 Å². The van der Waals surface area contributed by atoms with Crippen LogP contribution in [0.15, 0.2) is 18.2 Å². The maximum Gasteiger partial charge on any atom is 0.306 e. The van der Waals surface area contributed by atoms with E-state index in [1.54, 1.807) is 26.8 Å². The van der Waals surface area contributed by atoms with E-state index in [4.69, 9.17) is 9.47 Å². The molecule has 130 valence electrons. The quantitative estimate of drug-likeness (QED) is 0.838. The molecule has 1 heterocycles. The van der Waals surface area contributed by atoms with Gasteiger partial charge in [-0.1, -0.05) is 6.07 Å². The van der Waals surface area contributed by atoms with Crippen molar-refractivity contribution in [1.29, 1.82) is 0 Å². The van der Waals surface area contributed by atoms with Crippen molar-refractivity contribution in [3.8, 4) is 0 Å². The second kappa shape index (κ2) is 7.03. The van der Waals surface area contributed by atoms with E-state index >= 15 is 0 Å². The number of rotatable bonds is 5. The van der Waals surface area contributed by atoms with Crippen molar-refractivity contribution < 1.29 is 23.9 Å². The average Bonchev–Trinajstić information content (AvgIpc) is 2.50. The third-order valence-corrected chi connectivity index (χ3v) is 4.09. The highest BCUT2D eigenvalue weighted by atomic mass is 16.5. The highest BCUT2D eigenvalue weighted by Gasteiger charge is 2.45. The molecule has 0 radical (unpaired) electrons. The molecule has 0 saturated carbocycles. The summed E-state index contributed by atoms with van der Waals surface area (Å²) >= 11 is 0. The molecule has 1 aliphatic heterocycles. The molecule has 1 aromatic carbocycles. The Labute approximate surface area is 141 Å². The summed E-state index contributed by atoms with van der Waals surface area (Å²) in [6.45, 7) is 6.93. The Morgan fingerprint density at radius 2 is 2.00 bits per heavy atom. The standard InChI is InChI=1S/C18H23NO5/c1-5-23-15(21)9-7-12-6-8-14-13(10-12)16(24-11(2)20)18(3,4)17(22)19-14/h6,8,10,16H,5,7,9H2,1-4H3,(H,19,22). The third-order valence-electron chi connectivity index (χ3n) is 4.09. The second-order valence-corrected chi connectivity index (χ2v) is 6.39. The summed E-state index contributed by atoms with van der Waals surface area (Å²) in [7, 11) is 0. The Morgan fingerprint density at radius 1 is 1.29 bits per heavy atom. The summed E-state index contributed by atoms with van der Waals surface area (Å²) < 4.78 is 10.4. The van der Waals surface area contributed by atoms with Crippen LogP contribution in [-0.4, -0.2) is 24.5 Å². The smallest absolute Gasteiger partial charge is 0.306 e. The van der Waals surface area contributed by atoms with E-state index < -0.39 is 17.5 Å². The summed E-state index contributed by atoms with van der Waals surface area (Å²) in [5.41, 5.74) is 1.42. The summed E-state index contributed by atoms with van der Waals surface area (Å²) in [6, 6.07) is 5.50. The molecule has 6 heteroatoms. The van der Waals surface area contributed by atoms with Gasteiger partial charge in [0.2, 0.25) is 5.91 Å². The highest BCUT2D eigenvalue weighted by Crippen LogP contribution is 2.45. The number of carbonyl (C=O) groups is 3.